The number of rotatable bonds is 8. The molecule has 0 aliphatic carbocycles. The van der Waals surface area contributed by atoms with Crippen LogP contribution in [0.2, 0.25) is 0 Å². The van der Waals surface area contributed by atoms with Crippen molar-refractivity contribution in [3.8, 4) is 5.75 Å². The van der Waals surface area contributed by atoms with Gasteiger partial charge in [-0.05, 0) is 37.2 Å². The van der Waals surface area contributed by atoms with E-state index in [4.69, 9.17) is 14.9 Å². The molecule has 0 aliphatic heterocycles. The van der Waals surface area contributed by atoms with Crippen molar-refractivity contribution in [3.63, 3.8) is 0 Å². The number of halogens is 1. The summed E-state index contributed by atoms with van der Waals surface area (Å²) >= 11 is 0. The summed E-state index contributed by atoms with van der Waals surface area (Å²) in [4.78, 5) is 24.6. The number of nitrogens with zero attached hydrogens (tertiary/aromatic N) is 1. The van der Waals surface area contributed by atoms with Crippen molar-refractivity contribution in [2.45, 2.75) is 20.3 Å². The number of benzene rings is 1. The molecule has 1 heterocycles. The van der Waals surface area contributed by atoms with E-state index >= 15 is 0 Å². The average molecular weight is 380 g/mol. The van der Waals surface area contributed by atoms with Gasteiger partial charge in [-0.15, -0.1) is 0 Å². The molecule has 0 atom stereocenters. The highest BCUT2D eigenvalue weighted by Gasteiger charge is 2.13. The van der Waals surface area contributed by atoms with Crippen molar-refractivity contribution < 1.29 is 28.9 Å². The first-order valence-electron chi connectivity index (χ1n) is 8.52. The molecule has 1 aromatic carbocycles. The molecule has 0 unspecified atom stereocenters. The van der Waals surface area contributed by atoms with Crippen molar-refractivity contribution in [1.82, 2.24) is 9.88 Å². The number of carboxylic acid groups (broad SMARTS) is 2. The SMILES string of the molecule is CCN(CC)CCc1c[nH]c2ccc(OC)c(F)c12.O=C(O)/C=C/C(=O)O. The summed E-state index contributed by atoms with van der Waals surface area (Å²) in [5.74, 6) is -2.48. The fourth-order valence-electron chi connectivity index (χ4n) is 2.54. The Morgan fingerprint density at radius 1 is 1.19 bits per heavy atom. The van der Waals surface area contributed by atoms with Gasteiger partial charge in [0.15, 0.2) is 11.6 Å². The van der Waals surface area contributed by atoms with Crippen LogP contribution >= 0.6 is 0 Å². The first-order chi connectivity index (χ1) is 12.8. The van der Waals surface area contributed by atoms with E-state index in [1.165, 1.54) is 7.11 Å². The molecule has 0 fully saturated rings. The van der Waals surface area contributed by atoms with Gasteiger partial charge in [0.1, 0.15) is 0 Å². The maximum atomic E-state index is 14.3. The third-order valence-electron chi connectivity index (χ3n) is 4.01. The molecule has 0 radical (unpaired) electrons. The summed E-state index contributed by atoms with van der Waals surface area (Å²) in [6.45, 7) is 7.26. The lowest BCUT2D eigenvalue weighted by Crippen LogP contribution is -2.25. The highest BCUT2D eigenvalue weighted by Crippen LogP contribution is 2.28. The summed E-state index contributed by atoms with van der Waals surface area (Å²) < 4.78 is 19.3. The van der Waals surface area contributed by atoms with Crippen LogP contribution in [-0.2, 0) is 16.0 Å². The van der Waals surface area contributed by atoms with E-state index in [0.717, 1.165) is 37.1 Å². The summed E-state index contributed by atoms with van der Waals surface area (Å²) in [5.41, 5.74) is 1.84. The summed E-state index contributed by atoms with van der Waals surface area (Å²) in [6, 6.07) is 3.51. The van der Waals surface area contributed by atoms with E-state index in [0.29, 0.717) is 23.3 Å². The molecule has 7 nitrogen and oxygen atoms in total. The first kappa shape index (κ1) is 22.2. The van der Waals surface area contributed by atoms with Gasteiger partial charge in [-0.1, -0.05) is 13.8 Å². The zero-order valence-corrected chi connectivity index (χ0v) is 15.7. The molecular formula is C19H25FN2O5. The van der Waals surface area contributed by atoms with E-state index in [9.17, 15) is 14.0 Å². The van der Waals surface area contributed by atoms with Crippen LogP contribution in [0.25, 0.3) is 10.9 Å². The lowest BCUT2D eigenvalue weighted by atomic mass is 10.1. The monoisotopic (exact) mass is 380 g/mol. The molecule has 0 spiro atoms. The van der Waals surface area contributed by atoms with Crippen molar-refractivity contribution >= 4 is 22.8 Å². The number of aromatic amines is 1. The van der Waals surface area contributed by atoms with E-state index in [-0.39, 0.29) is 5.82 Å². The van der Waals surface area contributed by atoms with Crippen LogP contribution in [0.3, 0.4) is 0 Å². The molecule has 1 aromatic heterocycles. The Morgan fingerprint density at radius 2 is 1.78 bits per heavy atom. The average Bonchev–Trinajstić information content (AvgIpc) is 3.06. The number of methoxy groups -OCH3 is 1. The van der Waals surface area contributed by atoms with Gasteiger partial charge in [-0.3, -0.25) is 0 Å². The number of hydrogen-bond acceptors (Lipinski definition) is 4. The van der Waals surface area contributed by atoms with Crippen LogP contribution in [0, 0.1) is 5.82 Å². The number of aromatic nitrogens is 1. The largest absolute Gasteiger partial charge is 0.494 e. The molecule has 27 heavy (non-hydrogen) atoms. The lowest BCUT2D eigenvalue weighted by molar-refractivity contribution is -0.134. The van der Waals surface area contributed by atoms with Gasteiger partial charge in [0.25, 0.3) is 0 Å². The van der Waals surface area contributed by atoms with E-state index in [1.807, 2.05) is 12.3 Å². The molecule has 8 heteroatoms. The van der Waals surface area contributed by atoms with Crippen molar-refractivity contribution in [2.24, 2.45) is 0 Å². The number of nitrogens with one attached hydrogen (secondary N) is 1. The number of H-pyrrole nitrogens is 1. The number of ether oxygens (including phenoxy) is 1. The molecule has 2 rings (SSSR count). The van der Waals surface area contributed by atoms with Gasteiger partial charge < -0.3 is 24.8 Å². The Morgan fingerprint density at radius 3 is 2.26 bits per heavy atom. The van der Waals surface area contributed by atoms with Gasteiger partial charge in [0, 0.05) is 35.8 Å². The Labute approximate surface area is 157 Å². The third-order valence-corrected chi connectivity index (χ3v) is 4.01. The highest BCUT2D eigenvalue weighted by atomic mass is 19.1. The minimum absolute atomic E-state index is 0.268. The fourth-order valence-corrected chi connectivity index (χ4v) is 2.54. The quantitative estimate of drug-likeness (QED) is 0.609. The second-order valence-electron chi connectivity index (χ2n) is 5.60. The predicted molar refractivity (Wildman–Crippen MR) is 101 cm³/mol. The molecule has 148 valence electrons. The van der Waals surface area contributed by atoms with E-state index < -0.39 is 11.9 Å². The minimum Gasteiger partial charge on any atom is -0.494 e. The van der Waals surface area contributed by atoms with Gasteiger partial charge in [-0.2, -0.15) is 0 Å². The standard InChI is InChI=1S/C15H21FN2O.C4H4O4/c1-4-18(5-2)9-8-11-10-17-12-6-7-13(19-3)15(16)14(11)12;5-3(6)1-2-4(7)8/h6-7,10,17H,4-5,8-9H2,1-3H3;1-2H,(H,5,6)(H,7,8)/b;2-1+. The fraction of sp³-hybridized carbons (Fsp3) is 0.368. The second kappa shape index (κ2) is 11.0. The van der Waals surface area contributed by atoms with Gasteiger partial charge in [-0.25, -0.2) is 14.0 Å². The Bertz CT molecular complexity index is 781. The third kappa shape index (κ3) is 6.74. The topological polar surface area (TPSA) is 103 Å². The Hall–Kier alpha value is -2.87. The smallest absolute Gasteiger partial charge is 0.328 e. The second-order valence-corrected chi connectivity index (χ2v) is 5.60. The summed E-state index contributed by atoms with van der Waals surface area (Å²) in [7, 11) is 1.49. The number of aliphatic carboxylic acids is 2. The zero-order chi connectivity index (χ0) is 20.4. The molecule has 0 aliphatic rings. The normalized spacial score (nSPS) is 10.9. The van der Waals surface area contributed by atoms with Crippen molar-refractivity contribution in [1.29, 1.82) is 0 Å². The maximum absolute atomic E-state index is 14.3. The molecule has 0 saturated carbocycles. The number of likely N-dealkylation sites (N-methyl/N-ethyl adjacent to an activating group) is 1. The molecule has 0 bridgehead atoms. The molecule has 0 saturated heterocycles. The van der Waals surface area contributed by atoms with Gasteiger partial charge in [0.2, 0.25) is 0 Å². The maximum Gasteiger partial charge on any atom is 0.328 e. The predicted octanol–water partition coefficient (Wildman–Crippen LogP) is 2.91. The molecule has 0 amide bonds. The first-order valence-corrected chi connectivity index (χ1v) is 8.52. The molecule has 3 N–H and O–H groups in total. The minimum atomic E-state index is -1.26. The van der Waals surface area contributed by atoms with E-state index in [2.05, 4.69) is 23.7 Å². The van der Waals surface area contributed by atoms with Crippen LogP contribution in [0.4, 0.5) is 4.39 Å². The van der Waals surface area contributed by atoms with Crippen molar-refractivity contribution in [2.75, 3.05) is 26.7 Å². The zero-order valence-electron chi connectivity index (χ0n) is 15.7. The number of carboxylic acids is 2. The number of carbonyl (C=O) groups is 2. The molecular weight excluding hydrogens is 355 g/mol. The molecule has 2 aromatic rings. The van der Waals surface area contributed by atoms with Crippen LogP contribution in [-0.4, -0.2) is 58.8 Å². The van der Waals surface area contributed by atoms with Gasteiger partial charge in [0.05, 0.1) is 7.11 Å². The summed E-state index contributed by atoms with van der Waals surface area (Å²) in [6.07, 6.45) is 3.85. The summed E-state index contributed by atoms with van der Waals surface area (Å²) in [5, 5.41) is 16.3. The highest BCUT2D eigenvalue weighted by molar-refractivity contribution is 5.89. The lowest BCUT2D eigenvalue weighted by Gasteiger charge is -2.17. The van der Waals surface area contributed by atoms with Crippen LogP contribution in [0.5, 0.6) is 5.75 Å². The van der Waals surface area contributed by atoms with E-state index in [1.54, 1.807) is 6.07 Å². The van der Waals surface area contributed by atoms with Crippen molar-refractivity contribution in [3.05, 3.63) is 41.9 Å². The Balaban J connectivity index is 0.000000387. The van der Waals surface area contributed by atoms with Crippen LogP contribution < -0.4 is 4.74 Å². The number of fused-ring (bicyclic) bond motifs is 1. The van der Waals surface area contributed by atoms with Crippen LogP contribution in [0.1, 0.15) is 19.4 Å². The number of hydrogen-bond donors (Lipinski definition) is 3. The van der Waals surface area contributed by atoms with Crippen LogP contribution in [0.15, 0.2) is 30.5 Å². The Kier molecular flexibility index (Phi) is 9.01. The van der Waals surface area contributed by atoms with Gasteiger partial charge >= 0.3 is 11.9 Å².